The van der Waals surface area contributed by atoms with Gasteiger partial charge in [-0.3, -0.25) is 24.1 Å². The molecule has 0 bridgehead atoms. The Morgan fingerprint density at radius 3 is 2.86 bits per heavy atom. The zero-order valence-electron chi connectivity index (χ0n) is 10.9. The summed E-state index contributed by atoms with van der Waals surface area (Å²) in [6.45, 7) is 0.292. The summed E-state index contributed by atoms with van der Waals surface area (Å²) in [6.07, 6.45) is -0.751. The minimum Gasteiger partial charge on any atom is -0.481 e. The van der Waals surface area contributed by atoms with Crippen LogP contribution in [0.3, 0.4) is 0 Å². The number of carbonyl (C=O) groups is 3. The molecule has 1 aromatic rings. The Labute approximate surface area is 119 Å². The number of aliphatic carboxylic acids is 1. The van der Waals surface area contributed by atoms with E-state index in [0.29, 0.717) is 18.6 Å². The number of rotatable bonds is 3. The van der Waals surface area contributed by atoms with E-state index in [9.17, 15) is 14.4 Å². The molecule has 2 amide bonds. The Bertz CT molecular complexity index is 623. The van der Waals surface area contributed by atoms with Gasteiger partial charge in [0.2, 0.25) is 0 Å². The highest BCUT2D eigenvalue weighted by molar-refractivity contribution is 6.22. The largest absolute Gasteiger partial charge is 0.481 e. The number of hydrogen-bond donors (Lipinski definition) is 2. The van der Waals surface area contributed by atoms with Crippen molar-refractivity contribution in [3.05, 3.63) is 34.9 Å². The van der Waals surface area contributed by atoms with Crippen LogP contribution in [0.25, 0.3) is 0 Å². The molecule has 8 nitrogen and oxygen atoms in total. The molecule has 21 heavy (non-hydrogen) atoms. The van der Waals surface area contributed by atoms with Crippen molar-refractivity contribution in [2.75, 3.05) is 6.61 Å². The number of fused-ring (bicyclic) bond motifs is 1. The highest BCUT2D eigenvalue weighted by Crippen LogP contribution is 2.29. The number of carbonyl (C=O) groups excluding carboxylic acids is 2. The Balaban J connectivity index is 1.97. The number of hydrogen-bond acceptors (Lipinski definition) is 6. The second-order valence-corrected chi connectivity index (χ2v) is 4.68. The van der Waals surface area contributed by atoms with Crippen molar-refractivity contribution in [3.63, 3.8) is 0 Å². The summed E-state index contributed by atoms with van der Waals surface area (Å²) in [4.78, 5) is 46.5. The van der Waals surface area contributed by atoms with Crippen LogP contribution >= 0.6 is 0 Å². The predicted octanol–water partition coefficient (Wildman–Crippen LogP) is 0.0923. The second kappa shape index (κ2) is 5.24. The summed E-state index contributed by atoms with van der Waals surface area (Å²) in [5.74, 6) is -2.09. The summed E-state index contributed by atoms with van der Waals surface area (Å²) < 4.78 is 0. The van der Waals surface area contributed by atoms with Crippen LogP contribution in [0, 0.1) is 0 Å². The molecule has 0 spiro atoms. The van der Waals surface area contributed by atoms with E-state index >= 15 is 0 Å². The van der Waals surface area contributed by atoms with Crippen molar-refractivity contribution in [3.8, 4) is 0 Å². The summed E-state index contributed by atoms with van der Waals surface area (Å²) in [5, 5.41) is 8.90. The third kappa shape index (κ3) is 2.29. The highest BCUT2D eigenvalue weighted by Gasteiger charge is 2.42. The van der Waals surface area contributed by atoms with Crippen molar-refractivity contribution >= 4 is 17.8 Å². The first-order valence-corrected chi connectivity index (χ1v) is 6.33. The molecule has 2 N–H and O–H groups in total. The highest BCUT2D eigenvalue weighted by atomic mass is 16.9. The normalized spacial score (nSPS) is 21.5. The monoisotopic (exact) mass is 292 g/mol. The van der Waals surface area contributed by atoms with Crippen molar-refractivity contribution in [2.24, 2.45) is 0 Å². The Morgan fingerprint density at radius 1 is 1.38 bits per heavy atom. The standard InChI is InChI=1S/C13H12N2O6/c16-10(17)6-7-2-1-3-8-11(7)13(19)15(12(8)18)9-4-5-20-14-21-9/h1-3,9,14H,4-6H2,(H,16,17). The fraction of sp³-hybridized carbons (Fsp3) is 0.308. The zero-order chi connectivity index (χ0) is 15.0. The fourth-order valence-electron chi connectivity index (χ4n) is 2.48. The van der Waals surface area contributed by atoms with Crippen molar-refractivity contribution < 1.29 is 29.2 Å². The first kappa shape index (κ1) is 13.7. The molecule has 2 aliphatic heterocycles. The molecule has 1 fully saturated rings. The summed E-state index contributed by atoms with van der Waals surface area (Å²) >= 11 is 0. The Morgan fingerprint density at radius 2 is 2.19 bits per heavy atom. The number of carboxylic acid groups (broad SMARTS) is 1. The van der Waals surface area contributed by atoms with Gasteiger partial charge in [0.15, 0.2) is 6.23 Å². The maximum absolute atomic E-state index is 12.5. The van der Waals surface area contributed by atoms with E-state index in [1.54, 1.807) is 6.07 Å². The summed E-state index contributed by atoms with van der Waals surface area (Å²) in [5.41, 5.74) is 2.85. The van der Waals surface area contributed by atoms with Gasteiger partial charge in [-0.1, -0.05) is 17.8 Å². The third-order valence-electron chi connectivity index (χ3n) is 3.37. The third-order valence-corrected chi connectivity index (χ3v) is 3.37. The maximum atomic E-state index is 12.5. The molecule has 0 saturated carbocycles. The minimum atomic E-state index is -1.06. The van der Waals surface area contributed by atoms with E-state index in [1.807, 2.05) is 0 Å². The van der Waals surface area contributed by atoms with Gasteiger partial charge in [0.05, 0.1) is 24.2 Å². The average Bonchev–Trinajstić information content (AvgIpc) is 2.72. The van der Waals surface area contributed by atoms with Gasteiger partial charge in [-0.15, -0.1) is 0 Å². The lowest BCUT2D eigenvalue weighted by Crippen LogP contribution is -2.47. The molecule has 110 valence electrons. The van der Waals surface area contributed by atoms with E-state index in [-0.39, 0.29) is 17.5 Å². The van der Waals surface area contributed by atoms with Gasteiger partial charge in [-0.05, 0) is 11.6 Å². The lowest BCUT2D eigenvalue weighted by Gasteiger charge is -2.28. The van der Waals surface area contributed by atoms with Gasteiger partial charge >= 0.3 is 5.97 Å². The van der Waals surface area contributed by atoms with E-state index in [2.05, 4.69) is 5.64 Å². The zero-order valence-corrected chi connectivity index (χ0v) is 10.9. The molecule has 3 rings (SSSR count). The second-order valence-electron chi connectivity index (χ2n) is 4.68. The molecule has 1 atom stereocenters. The van der Waals surface area contributed by atoms with Gasteiger partial charge in [-0.25, -0.2) is 4.90 Å². The van der Waals surface area contributed by atoms with Gasteiger partial charge in [0.1, 0.15) is 0 Å². The molecule has 2 heterocycles. The van der Waals surface area contributed by atoms with Crippen molar-refractivity contribution in [1.82, 2.24) is 10.5 Å². The van der Waals surface area contributed by atoms with Crippen LogP contribution in [0.2, 0.25) is 0 Å². The smallest absolute Gasteiger partial charge is 0.307 e. The van der Waals surface area contributed by atoms with Crippen LogP contribution in [-0.2, 0) is 20.9 Å². The number of nitrogens with one attached hydrogen (secondary N) is 1. The molecular weight excluding hydrogens is 280 g/mol. The number of amides is 2. The number of carboxylic acids is 1. The van der Waals surface area contributed by atoms with Gasteiger partial charge in [0, 0.05) is 6.42 Å². The Hall–Kier alpha value is -2.29. The molecular formula is C13H12N2O6. The molecule has 1 saturated heterocycles. The summed E-state index contributed by atoms with van der Waals surface area (Å²) in [6, 6.07) is 4.60. The first-order chi connectivity index (χ1) is 10.1. The Kier molecular flexibility index (Phi) is 3.42. The van der Waals surface area contributed by atoms with Crippen molar-refractivity contribution in [1.29, 1.82) is 0 Å². The number of imide groups is 1. The minimum absolute atomic E-state index is 0.139. The lowest BCUT2D eigenvalue weighted by atomic mass is 10.0. The molecule has 0 aromatic heterocycles. The van der Waals surface area contributed by atoms with E-state index in [4.69, 9.17) is 14.8 Å². The van der Waals surface area contributed by atoms with Gasteiger partial charge in [-0.2, -0.15) is 0 Å². The van der Waals surface area contributed by atoms with Crippen LogP contribution < -0.4 is 5.64 Å². The maximum Gasteiger partial charge on any atom is 0.307 e. The quantitative estimate of drug-likeness (QED) is 0.761. The first-order valence-electron chi connectivity index (χ1n) is 6.33. The molecule has 0 aliphatic carbocycles. The topological polar surface area (TPSA) is 105 Å². The van der Waals surface area contributed by atoms with Crippen LogP contribution in [0.1, 0.15) is 32.7 Å². The number of nitrogens with zero attached hydrogens (tertiary/aromatic N) is 1. The molecule has 1 aromatic carbocycles. The van der Waals surface area contributed by atoms with Crippen LogP contribution in [-0.4, -0.2) is 40.6 Å². The van der Waals surface area contributed by atoms with E-state index in [1.165, 1.54) is 12.1 Å². The van der Waals surface area contributed by atoms with Crippen LogP contribution in [0.4, 0.5) is 0 Å². The molecule has 8 heteroatoms. The lowest BCUT2D eigenvalue weighted by molar-refractivity contribution is -0.259. The molecule has 2 aliphatic rings. The number of benzene rings is 1. The van der Waals surface area contributed by atoms with Gasteiger partial charge in [0.25, 0.3) is 11.8 Å². The van der Waals surface area contributed by atoms with E-state index < -0.39 is 24.0 Å². The molecule has 0 radical (unpaired) electrons. The fourth-order valence-corrected chi connectivity index (χ4v) is 2.48. The SMILES string of the molecule is O=C(O)Cc1cccc2c1C(=O)N(C1CCONO1)C2=O. The van der Waals surface area contributed by atoms with Crippen molar-refractivity contribution in [2.45, 2.75) is 19.1 Å². The van der Waals surface area contributed by atoms with Gasteiger partial charge < -0.3 is 5.11 Å². The van der Waals surface area contributed by atoms with E-state index in [0.717, 1.165) is 4.90 Å². The molecule has 1 unspecified atom stereocenters. The van der Waals surface area contributed by atoms with Crippen LogP contribution in [0.15, 0.2) is 18.2 Å². The summed E-state index contributed by atoms with van der Waals surface area (Å²) in [7, 11) is 0. The predicted molar refractivity (Wildman–Crippen MR) is 66.9 cm³/mol. The van der Waals surface area contributed by atoms with Crippen LogP contribution in [0.5, 0.6) is 0 Å². The average molecular weight is 292 g/mol.